The third-order valence-corrected chi connectivity index (χ3v) is 8.63. The van der Waals surface area contributed by atoms with Gasteiger partial charge in [0.1, 0.15) is 0 Å². The minimum atomic E-state index is -2.07. The van der Waals surface area contributed by atoms with E-state index in [1.54, 1.807) is 13.4 Å². The number of nitriles is 1. The van der Waals surface area contributed by atoms with Crippen molar-refractivity contribution in [3.8, 4) is 11.9 Å². The zero-order chi connectivity index (χ0) is 23.6. The van der Waals surface area contributed by atoms with E-state index in [0.29, 0.717) is 18.8 Å². The average molecular weight is 462 g/mol. The molecule has 2 atom stereocenters. The minimum absolute atomic E-state index is 0.551. The van der Waals surface area contributed by atoms with Gasteiger partial charge in [-0.1, -0.05) is 43.3 Å². The Kier molecular flexibility index (Phi) is 6.47. The van der Waals surface area contributed by atoms with Crippen molar-refractivity contribution >= 4 is 25.5 Å². The van der Waals surface area contributed by atoms with Crippen LogP contribution >= 0.6 is 0 Å². The highest BCUT2D eigenvalue weighted by atomic mass is 32.2. The van der Waals surface area contributed by atoms with Gasteiger partial charge in [-0.15, -0.1) is 0 Å². The average Bonchev–Trinajstić information content (AvgIpc) is 3.68. The van der Waals surface area contributed by atoms with Crippen LogP contribution in [0.4, 0.5) is 0 Å². The lowest BCUT2D eigenvalue weighted by Crippen LogP contribution is -2.25. The van der Waals surface area contributed by atoms with Crippen LogP contribution in [0.1, 0.15) is 48.9 Å². The predicted molar refractivity (Wildman–Crippen MR) is 136 cm³/mol. The molecule has 33 heavy (non-hydrogen) atoms. The second kappa shape index (κ2) is 9.17. The summed E-state index contributed by atoms with van der Waals surface area (Å²) < 4.78 is 21.3. The number of hydrogen-bond donors (Lipinski definition) is 1. The summed E-state index contributed by atoms with van der Waals surface area (Å²) in [6.07, 6.45) is 5.15. The lowest BCUT2D eigenvalue weighted by Gasteiger charge is -2.23. The number of rotatable bonds is 8. The van der Waals surface area contributed by atoms with Crippen LogP contribution in [0.25, 0.3) is 10.9 Å². The molecule has 0 spiro atoms. The van der Waals surface area contributed by atoms with Gasteiger partial charge >= 0.3 is 0 Å². The number of nitrogens with zero attached hydrogens (tertiary/aromatic N) is 2. The summed E-state index contributed by atoms with van der Waals surface area (Å²) >= 11 is 0. The van der Waals surface area contributed by atoms with Crippen molar-refractivity contribution in [2.24, 2.45) is 0 Å². The van der Waals surface area contributed by atoms with Crippen molar-refractivity contribution < 1.29 is 8.95 Å². The topological polar surface area (TPSA) is 75.0 Å². The highest BCUT2D eigenvalue weighted by Crippen LogP contribution is 2.31. The van der Waals surface area contributed by atoms with Gasteiger partial charge in [0.2, 0.25) is 5.88 Å². The van der Waals surface area contributed by atoms with Gasteiger partial charge in [-0.25, -0.2) is 9.71 Å². The number of methoxy groups -OCH3 is 1. The van der Waals surface area contributed by atoms with Gasteiger partial charge in [-0.2, -0.15) is 5.26 Å². The molecule has 1 fully saturated rings. The normalized spacial score (nSPS) is 16.6. The summed E-state index contributed by atoms with van der Waals surface area (Å²) in [6.45, 7) is 4.61. The fourth-order valence-electron chi connectivity index (χ4n) is 4.19. The summed E-state index contributed by atoms with van der Waals surface area (Å²) in [5, 5.41) is 11.2. The van der Waals surface area contributed by atoms with Gasteiger partial charge in [0, 0.05) is 33.5 Å². The molecule has 1 aliphatic rings. The van der Waals surface area contributed by atoms with Crippen LogP contribution in [0, 0.1) is 11.3 Å². The van der Waals surface area contributed by atoms with E-state index in [1.807, 2.05) is 43.3 Å². The zero-order valence-electron chi connectivity index (χ0n) is 19.8. The lowest BCUT2D eigenvalue weighted by atomic mass is 9.78. The van der Waals surface area contributed by atoms with Crippen LogP contribution in [0.5, 0.6) is 5.88 Å². The maximum atomic E-state index is 12.7. The quantitative estimate of drug-likeness (QED) is 0.493. The van der Waals surface area contributed by atoms with E-state index in [9.17, 15) is 9.47 Å². The second-order valence-electron chi connectivity index (χ2n) is 9.06. The van der Waals surface area contributed by atoms with Crippen LogP contribution in [0.2, 0.25) is 0 Å². The molecule has 1 saturated carbocycles. The van der Waals surface area contributed by atoms with Crippen LogP contribution in [-0.4, -0.2) is 27.4 Å². The number of pyridine rings is 1. The maximum absolute atomic E-state index is 12.7. The summed E-state index contributed by atoms with van der Waals surface area (Å²) in [4.78, 5) is 5.82. The van der Waals surface area contributed by atoms with Crippen molar-refractivity contribution in [2.45, 2.75) is 51.5 Å². The molecule has 4 rings (SSSR count). The standard InChI is InChI=1S/C27H31N3O2S/c1-5-21-14-22-9-10-23(15-25(22)30-26(21)32-3)27(2,18-28)16-19-7-6-8-20(13-19)17-29-33(4,31)24-11-12-24/h6-10,13-15H,5,11-12,16-17H2,1-4H3,(H,29,31). The van der Waals surface area contributed by atoms with E-state index in [4.69, 9.17) is 9.72 Å². The third kappa shape index (κ3) is 5.05. The Labute approximate surface area is 197 Å². The molecule has 0 aliphatic heterocycles. The Morgan fingerprint density at radius 3 is 2.61 bits per heavy atom. The van der Waals surface area contributed by atoms with Crippen LogP contribution in [0.15, 0.2) is 48.5 Å². The van der Waals surface area contributed by atoms with E-state index in [2.05, 4.69) is 29.8 Å². The number of nitrogens with one attached hydrogen (secondary N) is 1. The van der Waals surface area contributed by atoms with E-state index < -0.39 is 15.1 Å². The highest BCUT2D eigenvalue weighted by Gasteiger charge is 2.28. The van der Waals surface area contributed by atoms with Gasteiger partial charge in [-0.3, -0.25) is 4.21 Å². The maximum Gasteiger partial charge on any atom is 0.216 e. The summed E-state index contributed by atoms with van der Waals surface area (Å²) in [5.41, 5.74) is 4.27. The van der Waals surface area contributed by atoms with E-state index in [0.717, 1.165) is 57.3 Å². The number of ether oxygens (including phenoxy) is 1. The van der Waals surface area contributed by atoms with E-state index in [-0.39, 0.29) is 0 Å². The fourth-order valence-corrected chi connectivity index (χ4v) is 5.72. The Morgan fingerprint density at radius 1 is 1.18 bits per heavy atom. The molecular weight excluding hydrogens is 430 g/mol. The molecule has 1 aromatic heterocycles. The van der Waals surface area contributed by atoms with Crippen molar-refractivity contribution in [1.82, 2.24) is 9.71 Å². The zero-order valence-corrected chi connectivity index (χ0v) is 20.6. The molecule has 2 unspecified atom stereocenters. The largest absolute Gasteiger partial charge is 0.481 e. The first kappa shape index (κ1) is 23.3. The predicted octanol–water partition coefficient (Wildman–Crippen LogP) is 4.71. The van der Waals surface area contributed by atoms with Crippen molar-refractivity contribution in [1.29, 1.82) is 5.26 Å². The Morgan fingerprint density at radius 2 is 1.94 bits per heavy atom. The van der Waals surface area contributed by atoms with Crippen molar-refractivity contribution in [2.75, 3.05) is 13.4 Å². The third-order valence-electron chi connectivity index (χ3n) is 6.42. The molecule has 5 nitrogen and oxygen atoms in total. The molecule has 0 saturated heterocycles. The number of fused-ring (bicyclic) bond motifs is 1. The molecule has 0 amide bonds. The van der Waals surface area contributed by atoms with Gasteiger partial charge < -0.3 is 4.74 Å². The number of aryl methyl sites for hydroxylation is 1. The SMILES string of the molecule is CCc1cc2ccc(C(C)(C#N)Cc3cccc(CNS(C)(=O)=C4CC4)c3)cc2nc1OC. The van der Waals surface area contributed by atoms with Crippen molar-refractivity contribution in [3.63, 3.8) is 0 Å². The van der Waals surface area contributed by atoms with Crippen LogP contribution in [-0.2, 0) is 34.5 Å². The second-order valence-corrected chi connectivity index (χ2v) is 11.6. The van der Waals surface area contributed by atoms with Gasteiger partial charge in [0.05, 0.1) is 24.1 Å². The molecule has 2 aromatic carbocycles. The van der Waals surface area contributed by atoms with E-state index in [1.165, 1.54) is 0 Å². The molecule has 1 aliphatic carbocycles. The van der Waals surface area contributed by atoms with Gasteiger partial charge in [0.25, 0.3) is 0 Å². The molecule has 0 bridgehead atoms. The lowest BCUT2D eigenvalue weighted by molar-refractivity contribution is 0.395. The Hall–Kier alpha value is -2.88. The van der Waals surface area contributed by atoms with E-state index >= 15 is 0 Å². The smallest absolute Gasteiger partial charge is 0.216 e. The first-order valence-electron chi connectivity index (χ1n) is 11.3. The van der Waals surface area contributed by atoms with Crippen molar-refractivity contribution in [3.05, 3.63) is 70.8 Å². The van der Waals surface area contributed by atoms with Crippen LogP contribution < -0.4 is 9.46 Å². The van der Waals surface area contributed by atoms with Gasteiger partial charge in [-0.05, 0) is 66.3 Å². The summed E-state index contributed by atoms with van der Waals surface area (Å²) in [7, 11) is -0.428. The van der Waals surface area contributed by atoms with Gasteiger partial charge in [0.15, 0.2) is 0 Å². The highest BCUT2D eigenvalue weighted by molar-refractivity contribution is 8.00. The number of benzene rings is 2. The van der Waals surface area contributed by atoms with Crippen LogP contribution in [0.3, 0.4) is 0 Å². The number of aromatic nitrogens is 1. The molecule has 1 heterocycles. The summed E-state index contributed by atoms with van der Waals surface area (Å²) in [6, 6.07) is 18.9. The molecular formula is C27H31N3O2S. The molecule has 3 aromatic rings. The summed E-state index contributed by atoms with van der Waals surface area (Å²) in [5.74, 6) is 0.637. The first-order valence-corrected chi connectivity index (χ1v) is 13.3. The first-order chi connectivity index (χ1) is 15.8. The Balaban J connectivity index is 1.60. The minimum Gasteiger partial charge on any atom is -0.481 e. The monoisotopic (exact) mass is 461 g/mol. The number of hydrogen-bond acceptors (Lipinski definition) is 4. The molecule has 1 N–H and O–H groups in total. The molecule has 0 radical (unpaired) electrons. The fraction of sp³-hybridized carbons (Fsp3) is 0.370. The Bertz CT molecular complexity index is 1360. The molecule has 6 heteroatoms. The molecule has 172 valence electrons.